The van der Waals surface area contributed by atoms with Crippen molar-refractivity contribution in [1.29, 1.82) is 0 Å². The van der Waals surface area contributed by atoms with Crippen LogP contribution in [0.25, 0.3) is 0 Å². The minimum atomic E-state index is 0.00227. The Morgan fingerprint density at radius 1 is 1.69 bits per heavy atom. The number of ether oxygens (including phenoxy) is 1. The molecule has 1 aromatic rings. The van der Waals surface area contributed by atoms with E-state index in [1.165, 1.54) is 11.8 Å². The lowest BCUT2D eigenvalue weighted by Gasteiger charge is -2.02. The Balaban J connectivity index is 3.33. The van der Waals surface area contributed by atoms with Crippen LogP contribution in [0.4, 0.5) is 0 Å². The van der Waals surface area contributed by atoms with Crippen LogP contribution in [0.2, 0.25) is 0 Å². The summed E-state index contributed by atoms with van der Waals surface area (Å²) < 4.78 is 6.58. The second-order valence-corrected chi connectivity index (χ2v) is 2.58. The van der Waals surface area contributed by atoms with E-state index in [0.717, 1.165) is 0 Å². The summed E-state index contributed by atoms with van der Waals surface area (Å²) in [5.41, 5.74) is 6.63. The van der Waals surface area contributed by atoms with Gasteiger partial charge in [0.1, 0.15) is 5.56 Å². The SMILES string of the molecule is COc1c(/C(N)=N/O)c(C)nn1C. The minimum Gasteiger partial charge on any atom is -0.481 e. The van der Waals surface area contributed by atoms with Crippen molar-refractivity contribution in [2.75, 3.05) is 7.11 Å². The van der Waals surface area contributed by atoms with Crippen LogP contribution in [0.15, 0.2) is 5.16 Å². The zero-order chi connectivity index (χ0) is 10.0. The van der Waals surface area contributed by atoms with E-state index < -0.39 is 0 Å². The number of nitrogens with zero attached hydrogens (tertiary/aromatic N) is 3. The first-order chi connectivity index (χ1) is 6.11. The number of oxime groups is 1. The fourth-order valence-corrected chi connectivity index (χ4v) is 1.22. The molecule has 0 aromatic carbocycles. The van der Waals surface area contributed by atoms with Crippen molar-refractivity contribution in [2.45, 2.75) is 6.92 Å². The quantitative estimate of drug-likeness (QED) is 0.289. The summed E-state index contributed by atoms with van der Waals surface area (Å²) in [6.07, 6.45) is 0. The van der Waals surface area contributed by atoms with Gasteiger partial charge in [0.25, 0.3) is 0 Å². The number of hydrogen-bond donors (Lipinski definition) is 2. The van der Waals surface area contributed by atoms with E-state index in [2.05, 4.69) is 10.3 Å². The molecule has 0 spiro atoms. The molecule has 0 bridgehead atoms. The van der Waals surface area contributed by atoms with Crippen molar-refractivity contribution in [3.8, 4) is 5.88 Å². The Morgan fingerprint density at radius 2 is 2.31 bits per heavy atom. The predicted octanol–water partition coefficient (Wildman–Crippen LogP) is -0.168. The van der Waals surface area contributed by atoms with Gasteiger partial charge in [-0.05, 0) is 6.92 Å². The summed E-state index contributed by atoms with van der Waals surface area (Å²) in [4.78, 5) is 0. The van der Waals surface area contributed by atoms with Gasteiger partial charge in [-0.15, -0.1) is 0 Å². The smallest absolute Gasteiger partial charge is 0.222 e. The zero-order valence-electron chi connectivity index (χ0n) is 7.77. The Hall–Kier alpha value is -1.72. The zero-order valence-corrected chi connectivity index (χ0v) is 7.77. The second kappa shape index (κ2) is 3.34. The number of rotatable bonds is 2. The minimum absolute atomic E-state index is 0.00227. The van der Waals surface area contributed by atoms with Crippen LogP contribution >= 0.6 is 0 Å². The van der Waals surface area contributed by atoms with E-state index in [-0.39, 0.29) is 5.84 Å². The molecule has 6 heteroatoms. The molecule has 1 rings (SSSR count). The normalized spacial score (nSPS) is 11.8. The summed E-state index contributed by atoms with van der Waals surface area (Å²) in [7, 11) is 3.23. The molecule has 1 aromatic heterocycles. The van der Waals surface area contributed by atoms with Crippen molar-refractivity contribution < 1.29 is 9.94 Å². The first kappa shape index (κ1) is 9.37. The van der Waals surface area contributed by atoms with Crippen LogP contribution < -0.4 is 10.5 Å². The van der Waals surface area contributed by atoms with Crippen LogP contribution in [0, 0.1) is 6.92 Å². The summed E-state index contributed by atoms with van der Waals surface area (Å²) in [6.45, 7) is 1.76. The van der Waals surface area contributed by atoms with Gasteiger partial charge in [0.2, 0.25) is 5.88 Å². The van der Waals surface area contributed by atoms with Crippen LogP contribution in [0.3, 0.4) is 0 Å². The Kier molecular flexibility index (Phi) is 2.41. The van der Waals surface area contributed by atoms with E-state index in [1.54, 1.807) is 14.0 Å². The summed E-state index contributed by atoms with van der Waals surface area (Å²) >= 11 is 0. The molecule has 6 nitrogen and oxygen atoms in total. The number of aromatic nitrogens is 2. The Bertz CT molecular complexity index is 343. The van der Waals surface area contributed by atoms with Crippen LogP contribution in [0.5, 0.6) is 5.88 Å². The third-order valence-corrected chi connectivity index (χ3v) is 1.73. The molecular weight excluding hydrogens is 172 g/mol. The van der Waals surface area contributed by atoms with E-state index in [1.807, 2.05) is 0 Å². The highest BCUT2D eigenvalue weighted by molar-refractivity contribution is 6.00. The highest BCUT2D eigenvalue weighted by atomic mass is 16.5. The maximum Gasteiger partial charge on any atom is 0.222 e. The maximum atomic E-state index is 8.51. The molecule has 0 aliphatic carbocycles. The van der Waals surface area contributed by atoms with Gasteiger partial charge in [-0.1, -0.05) is 5.16 Å². The van der Waals surface area contributed by atoms with Gasteiger partial charge in [0, 0.05) is 7.05 Å². The molecule has 1 heterocycles. The monoisotopic (exact) mass is 184 g/mol. The molecule has 0 fully saturated rings. The van der Waals surface area contributed by atoms with Gasteiger partial charge in [0.15, 0.2) is 5.84 Å². The van der Waals surface area contributed by atoms with E-state index >= 15 is 0 Å². The third-order valence-electron chi connectivity index (χ3n) is 1.73. The average molecular weight is 184 g/mol. The maximum absolute atomic E-state index is 8.51. The highest BCUT2D eigenvalue weighted by Crippen LogP contribution is 2.19. The summed E-state index contributed by atoms with van der Waals surface area (Å²) in [5, 5.41) is 15.5. The van der Waals surface area contributed by atoms with E-state index in [0.29, 0.717) is 17.1 Å². The predicted molar refractivity (Wildman–Crippen MR) is 47.0 cm³/mol. The molecule has 0 unspecified atom stereocenters. The fourth-order valence-electron chi connectivity index (χ4n) is 1.22. The van der Waals surface area contributed by atoms with Crippen molar-refractivity contribution in [3.63, 3.8) is 0 Å². The third kappa shape index (κ3) is 1.42. The second-order valence-electron chi connectivity index (χ2n) is 2.58. The lowest BCUT2D eigenvalue weighted by atomic mass is 10.2. The van der Waals surface area contributed by atoms with Crippen molar-refractivity contribution in [1.82, 2.24) is 9.78 Å². The average Bonchev–Trinajstić information content (AvgIpc) is 2.39. The standard InChI is InChI=1S/C7H12N4O2/c1-4-5(6(8)10-12)7(13-3)11(2)9-4/h12H,1-3H3,(H2,8,10). The topological polar surface area (TPSA) is 85.7 Å². The number of amidine groups is 1. The summed E-state index contributed by atoms with van der Waals surface area (Å²) in [6, 6.07) is 0. The molecule has 0 saturated heterocycles. The molecule has 13 heavy (non-hydrogen) atoms. The molecule has 72 valence electrons. The van der Waals surface area contributed by atoms with Gasteiger partial charge in [0.05, 0.1) is 12.8 Å². The van der Waals surface area contributed by atoms with E-state index in [4.69, 9.17) is 15.7 Å². The van der Waals surface area contributed by atoms with E-state index in [9.17, 15) is 0 Å². The van der Waals surface area contributed by atoms with Gasteiger partial charge >= 0.3 is 0 Å². The first-order valence-corrected chi connectivity index (χ1v) is 3.67. The molecule has 0 amide bonds. The molecule has 0 atom stereocenters. The number of aryl methyl sites for hydroxylation is 2. The fraction of sp³-hybridized carbons (Fsp3) is 0.429. The van der Waals surface area contributed by atoms with Crippen molar-refractivity contribution in [3.05, 3.63) is 11.3 Å². The van der Waals surface area contributed by atoms with Gasteiger partial charge in [-0.25, -0.2) is 4.68 Å². The van der Waals surface area contributed by atoms with Gasteiger partial charge in [-0.3, -0.25) is 0 Å². The number of methoxy groups -OCH3 is 1. The molecule has 3 N–H and O–H groups in total. The van der Waals surface area contributed by atoms with Crippen molar-refractivity contribution >= 4 is 5.84 Å². The van der Waals surface area contributed by atoms with Crippen molar-refractivity contribution in [2.24, 2.45) is 17.9 Å². The highest BCUT2D eigenvalue weighted by Gasteiger charge is 2.17. The number of hydrogen-bond acceptors (Lipinski definition) is 4. The Morgan fingerprint density at radius 3 is 2.77 bits per heavy atom. The first-order valence-electron chi connectivity index (χ1n) is 3.67. The molecule has 0 aliphatic heterocycles. The summed E-state index contributed by atoms with van der Waals surface area (Å²) in [5.74, 6) is 0.482. The van der Waals surface area contributed by atoms with Crippen LogP contribution in [-0.4, -0.2) is 27.9 Å². The molecule has 0 aliphatic rings. The molecular formula is C7H12N4O2. The molecule has 0 saturated carbocycles. The largest absolute Gasteiger partial charge is 0.481 e. The lowest BCUT2D eigenvalue weighted by Crippen LogP contribution is -2.15. The van der Waals surface area contributed by atoms with Gasteiger partial charge < -0.3 is 15.7 Å². The lowest BCUT2D eigenvalue weighted by molar-refractivity contribution is 0.318. The Labute approximate surface area is 75.6 Å². The number of nitrogens with two attached hydrogens (primary N) is 1. The van der Waals surface area contributed by atoms with Crippen LogP contribution in [0.1, 0.15) is 11.3 Å². The molecule has 0 radical (unpaired) electrons. The van der Waals surface area contributed by atoms with Crippen LogP contribution in [-0.2, 0) is 7.05 Å². The van der Waals surface area contributed by atoms with Gasteiger partial charge in [-0.2, -0.15) is 5.10 Å².